The number of hydrogen-bond acceptors (Lipinski definition) is 4. The Balaban J connectivity index is 1.75. The fourth-order valence-electron chi connectivity index (χ4n) is 3.12. The Labute approximate surface area is 93.0 Å². The number of nitrogens with zero attached hydrogens (tertiary/aromatic N) is 2. The number of hydrogen-bond donors (Lipinski definition) is 1. The van der Waals surface area contributed by atoms with Crippen LogP contribution in [0, 0.1) is 5.92 Å². The lowest BCUT2D eigenvalue weighted by atomic mass is 9.89. The van der Waals surface area contributed by atoms with Crippen molar-refractivity contribution in [3.8, 4) is 0 Å². The van der Waals surface area contributed by atoms with Crippen LogP contribution >= 0.6 is 0 Å². The molecule has 1 aromatic rings. The lowest BCUT2D eigenvalue weighted by Gasteiger charge is -2.20. The molecule has 0 aliphatic carbocycles. The van der Waals surface area contributed by atoms with Gasteiger partial charge in [0.05, 0.1) is 18.7 Å². The van der Waals surface area contributed by atoms with Crippen LogP contribution in [0.5, 0.6) is 0 Å². The van der Waals surface area contributed by atoms with Crippen LogP contribution in [-0.4, -0.2) is 33.2 Å². The van der Waals surface area contributed by atoms with E-state index in [1.807, 2.05) is 6.07 Å². The predicted octanol–water partition coefficient (Wildman–Crippen LogP) is 1.11. The summed E-state index contributed by atoms with van der Waals surface area (Å²) in [6, 6.07) is 2.44. The summed E-state index contributed by atoms with van der Waals surface area (Å²) in [5.74, 6) is -0.0284. The highest BCUT2D eigenvalue weighted by atomic mass is 16.5. The molecule has 3 heterocycles. The molecule has 2 saturated heterocycles. The standard InChI is InChI=1S/C11H14N2O3/c14-11(15)9-5-7-1-2-10(9)13(7)6-8-3-4-12-16-8/h3-4,7,9-10H,1-2,5-6H2,(H,14,15). The molecule has 0 amide bonds. The second-order valence-electron chi connectivity index (χ2n) is 4.63. The van der Waals surface area contributed by atoms with Gasteiger partial charge in [-0.15, -0.1) is 0 Å². The molecule has 5 nitrogen and oxygen atoms in total. The lowest BCUT2D eigenvalue weighted by molar-refractivity contribution is -0.142. The summed E-state index contributed by atoms with van der Waals surface area (Å²) >= 11 is 0. The minimum atomic E-state index is -0.658. The number of carboxylic acids is 1. The van der Waals surface area contributed by atoms with Crippen molar-refractivity contribution in [3.05, 3.63) is 18.0 Å². The monoisotopic (exact) mass is 222 g/mol. The Hall–Kier alpha value is -1.36. The first kappa shape index (κ1) is 9.84. The lowest BCUT2D eigenvalue weighted by Crippen LogP contribution is -2.32. The highest BCUT2D eigenvalue weighted by Gasteiger charge is 2.49. The van der Waals surface area contributed by atoms with Gasteiger partial charge in [0.2, 0.25) is 0 Å². The van der Waals surface area contributed by atoms with Gasteiger partial charge in [0.25, 0.3) is 0 Å². The quantitative estimate of drug-likeness (QED) is 0.829. The van der Waals surface area contributed by atoms with Crippen LogP contribution in [-0.2, 0) is 11.3 Å². The fourth-order valence-corrected chi connectivity index (χ4v) is 3.12. The number of aromatic nitrogens is 1. The van der Waals surface area contributed by atoms with Crippen molar-refractivity contribution in [2.24, 2.45) is 5.92 Å². The van der Waals surface area contributed by atoms with Gasteiger partial charge in [-0.2, -0.15) is 0 Å². The molecule has 2 aliphatic rings. The maximum Gasteiger partial charge on any atom is 0.308 e. The average Bonchev–Trinajstić information content (AvgIpc) is 2.96. The summed E-state index contributed by atoms with van der Waals surface area (Å²) in [5, 5.41) is 12.8. The number of fused-ring (bicyclic) bond motifs is 2. The van der Waals surface area contributed by atoms with E-state index >= 15 is 0 Å². The Morgan fingerprint density at radius 3 is 3.12 bits per heavy atom. The van der Waals surface area contributed by atoms with Gasteiger partial charge in [0.1, 0.15) is 0 Å². The second kappa shape index (κ2) is 3.59. The molecule has 0 aromatic carbocycles. The highest BCUT2D eigenvalue weighted by Crippen LogP contribution is 2.42. The van der Waals surface area contributed by atoms with Crippen LogP contribution in [0.3, 0.4) is 0 Å². The van der Waals surface area contributed by atoms with Gasteiger partial charge in [-0.25, -0.2) is 0 Å². The summed E-state index contributed by atoms with van der Waals surface area (Å²) in [6.07, 6.45) is 4.52. The molecule has 86 valence electrons. The van der Waals surface area contributed by atoms with Crippen LogP contribution in [0.4, 0.5) is 0 Å². The van der Waals surface area contributed by atoms with E-state index in [4.69, 9.17) is 9.63 Å². The molecule has 16 heavy (non-hydrogen) atoms. The molecule has 0 radical (unpaired) electrons. The Morgan fingerprint density at radius 2 is 2.50 bits per heavy atom. The van der Waals surface area contributed by atoms with E-state index < -0.39 is 5.97 Å². The summed E-state index contributed by atoms with van der Waals surface area (Å²) < 4.78 is 5.08. The molecule has 1 N–H and O–H groups in total. The van der Waals surface area contributed by atoms with E-state index in [-0.39, 0.29) is 12.0 Å². The number of rotatable bonds is 3. The molecule has 5 heteroatoms. The first-order chi connectivity index (χ1) is 7.75. The van der Waals surface area contributed by atoms with Crippen molar-refractivity contribution >= 4 is 5.97 Å². The first-order valence-electron chi connectivity index (χ1n) is 5.64. The number of carboxylic acid groups (broad SMARTS) is 1. The second-order valence-corrected chi connectivity index (χ2v) is 4.63. The van der Waals surface area contributed by atoms with Crippen LogP contribution in [0.1, 0.15) is 25.0 Å². The molecule has 2 aliphatic heterocycles. The Kier molecular flexibility index (Phi) is 2.21. The van der Waals surface area contributed by atoms with Crippen molar-refractivity contribution in [3.63, 3.8) is 0 Å². The molecule has 2 fully saturated rings. The van der Waals surface area contributed by atoms with Crippen molar-refractivity contribution in [2.75, 3.05) is 0 Å². The first-order valence-corrected chi connectivity index (χ1v) is 5.64. The van der Waals surface area contributed by atoms with E-state index in [0.29, 0.717) is 12.6 Å². The van der Waals surface area contributed by atoms with Gasteiger partial charge >= 0.3 is 5.97 Å². The molecule has 2 bridgehead atoms. The van der Waals surface area contributed by atoms with Crippen molar-refractivity contribution in [1.29, 1.82) is 0 Å². The van der Waals surface area contributed by atoms with Gasteiger partial charge in [-0.3, -0.25) is 9.69 Å². The van der Waals surface area contributed by atoms with Crippen molar-refractivity contribution in [2.45, 2.75) is 37.9 Å². The molecule has 3 atom stereocenters. The summed E-state index contributed by atoms with van der Waals surface area (Å²) in [6.45, 7) is 0.694. The predicted molar refractivity (Wildman–Crippen MR) is 54.6 cm³/mol. The minimum Gasteiger partial charge on any atom is -0.481 e. The Bertz CT molecular complexity index is 390. The molecule has 3 rings (SSSR count). The van der Waals surface area contributed by atoms with Gasteiger partial charge in [-0.1, -0.05) is 5.16 Å². The highest BCUT2D eigenvalue weighted by molar-refractivity contribution is 5.71. The minimum absolute atomic E-state index is 0.188. The smallest absolute Gasteiger partial charge is 0.308 e. The fraction of sp³-hybridized carbons (Fsp3) is 0.636. The van der Waals surface area contributed by atoms with Crippen LogP contribution < -0.4 is 0 Å². The van der Waals surface area contributed by atoms with Gasteiger partial charge < -0.3 is 9.63 Å². The summed E-state index contributed by atoms with van der Waals surface area (Å²) in [7, 11) is 0. The largest absolute Gasteiger partial charge is 0.481 e. The van der Waals surface area contributed by atoms with Gasteiger partial charge in [-0.05, 0) is 19.3 Å². The topological polar surface area (TPSA) is 66.6 Å². The number of aliphatic carboxylic acids is 1. The zero-order valence-electron chi connectivity index (χ0n) is 8.87. The van der Waals surface area contributed by atoms with Crippen molar-refractivity contribution in [1.82, 2.24) is 10.1 Å². The third-order valence-electron chi connectivity index (χ3n) is 3.83. The summed E-state index contributed by atoms with van der Waals surface area (Å²) in [4.78, 5) is 13.3. The number of carbonyl (C=O) groups is 1. The van der Waals surface area contributed by atoms with Crippen LogP contribution in [0.2, 0.25) is 0 Å². The zero-order valence-corrected chi connectivity index (χ0v) is 8.87. The van der Waals surface area contributed by atoms with Crippen LogP contribution in [0.25, 0.3) is 0 Å². The van der Waals surface area contributed by atoms with Gasteiger partial charge in [0, 0.05) is 18.2 Å². The average molecular weight is 222 g/mol. The molecular formula is C11H14N2O3. The SMILES string of the molecule is O=C(O)C1CC2CCC1N2Cc1ccno1. The van der Waals surface area contributed by atoms with E-state index in [0.717, 1.165) is 25.0 Å². The van der Waals surface area contributed by atoms with E-state index in [1.54, 1.807) is 6.20 Å². The maximum atomic E-state index is 11.1. The Morgan fingerprint density at radius 1 is 1.62 bits per heavy atom. The maximum absolute atomic E-state index is 11.1. The van der Waals surface area contributed by atoms with Crippen molar-refractivity contribution < 1.29 is 14.4 Å². The van der Waals surface area contributed by atoms with Gasteiger partial charge in [0.15, 0.2) is 5.76 Å². The summed E-state index contributed by atoms with van der Waals surface area (Å²) in [5.41, 5.74) is 0. The van der Waals surface area contributed by atoms with E-state index in [1.165, 1.54) is 0 Å². The molecular weight excluding hydrogens is 208 g/mol. The third-order valence-corrected chi connectivity index (χ3v) is 3.83. The molecule has 0 spiro atoms. The molecule has 1 aromatic heterocycles. The van der Waals surface area contributed by atoms with E-state index in [9.17, 15) is 4.79 Å². The third kappa shape index (κ3) is 1.43. The van der Waals surface area contributed by atoms with E-state index in [2.05, 4.69) is 10.1 Å². The van der Waals surface area contributed by atoms with Crippen LogP contribution in [0.15, 0.2) is 16.8 Å². The molecule has 0 saturated carbocycles. The normalized spacial score (nSPS) is 33.4. The zero-order chi connectivity index (χ0) is 11.1. The molecule has 3 unspecified atom stereocenters.